The normalized spacial score (nSPS) is 11.8. The molecule has 0 fully saturated rings. The minimum Gasteiger partial charge on any atom is -0.494 e. The molecule has 2 N–H and O–H groups in total. The van der Waals surface area contributed by atoms with Crippen molar-refractivity contribution in [2.75, 3.05) is 13.2 Å². The average molecular weight is 360 g/mol. The predicted molar refractivity (Wildman–Crippen MR) is 100.0 cm³/mol. The highest BCUT2D eigenvalue weighted by atomic mass is 32.1. The Kier molecular flexibility index (Phi) is 7.01. The monoisotopic (exact) mass is 360 g/mol. The van der Waals surface area contributed by atoms with Gasteiger partial charge in [-0.2, -0.15) is 0 Å². The lowest BCUT2D eigenvalue weighted by atomic mass is 10.0. The molecule has 2 rings (SSSR count). The molecule has 0 aliphatic rings. The van der Waals surface area contributed by atoms with E-state index in [0.29, 0.717) is 17.9 Å². The molecule has 1 atom stereocenters. The second-order valence-corrected chi connectivity index (χ2v) is 6.92. The molecule has 6 heteroatoms. The second kappa shape index (κ2) is 9.22. The fourth-order valence-electron chi connectivity index (χ4n) is 2.39. The van der Waals surface area contributed by atoms with Gasteiger partial charge in [0, 0.05) is 10.4 Å². The zero-order chi connectivity index (χ0) is 18.2. The van der Waals surface area contributed by atoms with Gasteiger partial charge in [0.2, 0.25) is 5.91 Å². The summed E-state index contributed by atoms with van der Waals surface area (Å²) in [6.07, 6.45) is 0. The molecule has 0 saturated heterocycles. The van der Waals surface area contributed by atoms with Gasteiger partial charge in [-0.3, -0.25) is 9.59 Å². The first-order valence-electron chi connectivity index (χ1n) is 8.35. The van der Waals surface area contributed by atoms with Crippen LogP contribution in [0.15, 0.2) is 41.8 Å². The van der Waals surface area contributed by atoms with Gasteiger partial charge in [-0.25, -0.2) is 0 Å². The van der Waals surface area contributed by atoms with Crippen molar-refractivity contribution >= 4 is 23.2 Å². The lowest BCUT2D eigenvalue weighted by Crippen LogP contribution is -2.39. The Morgan fingerprint density at radius 1 is 1.16 bits per heavy atom. The average Bonchev–Trinajstić information content (AvgIpc) is 3.12. The van der Waals surface area contributed by atoms with E-state index in [1.54, 1.807) is 35.6 Å². The van der Waals surface area contributed by atoms with Crippen LogP contribution in [0.2, 0.25) is 0 Å². The number of hydrogen-bond acceptors (Lipinski definition) is 4. The number of hydrogen-bond donors (Lipinski definition) is 2. The third-order valence-electron chi connectivity index (χ3n) is 3.67. The molecule has 2 amide bonds. The van der Waals surface area contributed by atoms with E-state index < -0.39 is 0 Å². The van der Waals surface area contributed by atoms with Crippen LogP contribution in [0, 0.1) is 5.92 Å². The van der Waals surface area contributed by atoms with Gasteiger partial charge < -0.3 is 15.4 Å². The van der Waals surface area contributed by atoms with Crippen LogP contribution in [-0.2, 0) is 4.79 Å². The summed E-state index contributed by atoms with van der Waals surface area (Å²) in [5, 5.41) is 7.63. The number of ether oxygens (including phenoxy) is 1. The third kappa shape index (κ3) is 5.60. The van der Waals surface area contributed by atoms with Crippen molar-refractivity contribution in [1.82, 2.24) is 10.6 Å². The maximum atomic E-state index is 12.2. The number of thiophene rings is 1. The molecule has 5 nitrogen and oxygen atoms in total. The number of carbonyl (C=O) groups is 2. The molecular formula is C19H24N2O3S. The van der Waals surface area contributed by atoms with Crippen LogP contribution in [0.4, 0.5) is 0 Å². The zero-order valence-electron chi connectivity index (χ0n) is 14.7. The van der Waals surface area contributed by atoms with Crippen LogP contribution in [-0.4, -0.2) is 25.0 Å². The summed E-state index contributed by atoms with van der Waals surface area (Å²) in [4.78, 5) is 25.4. The first-order chi connectivity index (χ1) is 12.0. The summed E-state index contributed by atoms with van der Waals surface area (Å²) in [5.41, 5.74) is 0.495. The molecule has 0 aliphatic heterocycles. The van der Waals surface area contributed by atoms with Crippen LogP contribution in [0.3, 0.4) is 0 Å². The summed E-state index contributed by atoms with van der Waals surface area (Å²) in [5.74, 6) is 0.499. The van der Waals surface area contributed by atoms with Crippen LogP contribution in [0.5, 0.6) is 5.75 Å². The molecule has 25 heavy (non-hydrogen) atoms. The van der Waals surface area contributed by atoms with Crippen molar-refractivity contribution in [3.8, 4) is 5.75 Å². The van der Waals surface area contributed by atoms with Crippen molar-refractivity contribution in [1.29, 1.82) is 0 Å². The lowest BCUT2D eigenvalue weighted by molar-refractivity contribution is -0.121. The number of carbonyl (C=O) groups excluding carboxylic acids is 2. The molecule has 1 heterocycles. The maximum absolute atomic E-state index is 12.2. The van der Waals surface area contributed by atoms with Crippen LogP contribution in [0.25, 0.3) is 0 Å². The largest absolute Gasteiger partial charge is 0.494 e. The van der Waals surface area contributed by atoms with Crippen molar-refractivity contribution in [3.63, 3.8) is 0 Å². The van der Waals surface area contributed by atoms with Gasteiger partial charge in [-0.15, -0.1) is 11.3 Å². The molecule has 0 spiro atoms. The smallest absolute Gasteiger partial charge is 0.251 e. The minimum absolute atomic E-state index is 0.0464. The van der Waals surface area contributed by atoms with Gasteiger partial charge in [0.05, 0.1) is 19.2 Å². The maximum Gasteiger partial charge on any atom is 0.251 e. The first-order valence-corrected chi connectivity index (χ1v) is 9.23. The summed E-state index contributed by atoms with van der Waals surface area (Å²) < 4.78 is 5.35. The SMILES string of the molecule is CCOc1ccc(C(=O)NCC(=O)N[C@H](c2cccs2)C(C)C)cc1. The number of rotatable bonds is 8. The van der Waals surface area contributed by atoms with Gasteiger partial charge in [0.1, 0.15) is 5.75 Å². The highest BCUT2D eigenvalue weighted by Crippen LogP contribution is 2.25. The van der Waals surface area contributed by atoms with Crippen LogP contribution in [0.1, 0.15) is 42.0 Å². The van der Waals surface area contributed by atoms with Crippen LogP contribution >= 0.6 is 11.3 Å². The van der Waals surface area contributed by atoms with E-state index in [1.807, 2.05) is 24.4 Å². The molecule has 1 aromatic heterocycles. The Labute approximate surface area is 152 Å². The molecule has 0 saturated carbocycles. The molecule has 134 valence electrons. The van der Waals surface area contributed by atoms with E-state index in [0.717, 1.165) is 4.88 Å². The Bertz CT molecular complexity index is 681. The summed E-state index contributed by atoms with van der Waals surface area (Å²) in [6.45, 7) is 6.54. The standard InChI is InChI=1S/C19H24N2O3S/c1-4-24-15-9-7-14(8-10-15)19(23)20-12-17(22)21-18(13(2)3)16-6-5-11-25-16/h5-11,13,18H,4,12H2,1-3H3,(H,20,23)(H,21,22)/t18-/m0/s1. The topological polar surface area (TPSA) is 67.4 Å². The zero-order valence-corrected chi connectivity index (χ0v) is 15.6. The minimum atomic E-state index is -0.282. The van der Waals surface area contributed by atoms with Crippen molar-refractivity contribution in [2.24, 2.45) is 5.92 Å². The van der Waals surface area contributed by atoms with E-state index >= 15 is 0 Å². The summed E-state index contributed by atoms with van der Waals surface area (Å²) >= 11 is 1.61. The van der Waals surface area contributed by atoms with Crippen LogP contribution < -0.4 is 15.4 Å². The summed E-state index contributed by atoms with van der Waals surface area (Å²) in [6, 6.07) is 10.8. The van der Waals surface area contributed by atoms with Crippen molar-refractivity contribution in [2.45, 2.75) is 26.8 Å². The first kappa shape index (κ1) is 19.0. The fourth-order valence-corrected chi connectivity index (χ4v) is 3.34. The lowest BCUT2D eigenvalue weighted by Gasteiger charge is -2.21. The van der Waals surface area contributed by atoms with Gasteiger partial charge in [-0.1, -0.05) is 19.9 Å². The Hall–Kier alpha value is -2.34. The Balaban J connectivity index is 1.87. The molecule has 0 bridgehead atoms. The number of nitrogens with one attached hydrogen (secondary N) is 2. The molecule has 0 radical (unpaired) electrons. The molecular weight excluding hydrogens is 336 g/mol. The highest BCUT2D eigenvalue weighted by molar-refractivity contribution is 7.10. The molecule has 1 aromatic carbocycles. The fraction of sp³-hybridized carbons (Fsp3) is 0.368. The van der Waals surface area contributed by atoms with Gasteiger partial charge in [0.15, 0.2) is 0 Å². The van der Waals surface area contributed by atoms with Gasteiger partial charge in [-0.05, 0) is 48.6 Å². The van der Waals surface area contributed by atoms with E-state index in [4.69, 9.17) is 4.74 Å². The summed E-state index contributed by atoms with van der Waals surface area (Å²) in [7, 11) is 0. The van der Waals surface area contributed by atoms with Gasteiger partial charge in [0.25, 0.3) is 5.91 Å². The Morgan fingerprint density at radius 2 is 1.88 bits per heavy atom. The van der Waals surface area contributed by atoms with Crippen molar-refractivity contribution < 1.29 is 14.3 Å². The van der Waals surface area contributed by atoms with E-state index in [2.05, 4.69) is 24.5 Å². The van der Waals surface area contributed by atoms with E-state index in [1.165, 1.54) is 0 Å². The third-order valence-corrected chi connectivity index (χ3v) is 4.63. The van der Waals surface area contributed by atoms with Crippen molar-refractivity contribution in [3.05, 3.63) is 52.2 Å². The van der Waals surface area contributed by atoms with Gasteiger partial charge >= 0.3 is 0 Å². The molecule has 0 aliphatic carbocycles. The highest BCUT2D eigenvalue weighted by Gasteiger charge is 2.19. The molecule has 0 unspecified atom stereocenters. The predicted octanol–water partition coefficient (Wildman–Crippen LogP) is 3.39. The Morgan fingerprint density at radius 3 is 2.44 bits per heavy atom. The molecule has 2 aromatic rings. The number of benzene rings is 1. The van der Waals surface area contributed by atoms with E-state index in [9.17, 15) is 9.59 Å². The second-order valence-electron chi connectivity index (χ2n) is 5.94. The number of amides is 2. The van der Waals surface area contributed by atoms with E-state index in [-0.39, 0.29) is 30.3 Å². The quantitative estimate of drug-likeness (QED) is 0.758.